The molecular weight excluding hydrogens is 701 g/mol. The number of ether oxygens (including phenoxy) is 2. The molecule has 8 heteroatoms. The Hall–Kier alpha value is -5.18. The molecule has 2 aliphatic rings. The summed E-state index contributed by atoms with van der Waals surface area (Å²) in [5.74, 6) is 0.444. The van der Waals surface area contributed by atoms with Gasteiger partial charge in [-0.15, -0.1) is 0 Å². The van der Waals surface area contributed by atoms with Crippen LogP contribution in [-0.2, 0) is 20.4 Å². The van der Waals surface area contributed by atoms with Crippen molar-refractivity contribution in [2.45, 2.75) is 64.2 Å². The topological polar surface area (TPSA) is 93.2 Å². The Morgan fingerprint density at radius 1 is 0.589 bits per heavy atom. The van der Waals surface area contributed by atoms with Crippen molar-refractivity contribution in [1.29, 1.82) is 0 Å². The second-order valence-corrected chi connectivity index (χ2v) is 16.0. The SMILES string of the molecule is CC1CN(CCC(=O)c2ccccc2)CCC1(C)c1cccc(OC(=O)/C=C\C(=O)Oc2cccc(C3(C)CCN(CCC(=O)c4ccccc4)CC3C)c2)c1. The minimum atomic E-state index is -0.664. The highest BCUT2D eigenvalue weighted by Gasteiger charge is 2.39. The molecule has 2 heterocycles. The predicted octanol–water partition coefficient (Wildman–Crippen LogP) is 8.50. The van der Waals surface area contributed by atoms with Gasteiger partial charge in [-0.2, -0.15) is 0 Å². The first-order valence-electron chi connectivity index (χ1n) is 19.9. The summed E-state index contributed by atoms with van der Waals surface area (Å²) in [6.45, 7) is 13.9. The second-order valence-electron chi connectivity index (χ2n) is 16.0. The average Bonchev–Trinajstić information content (AvgIpc) is 3.21. The number of rotatable bonds is 14. The van der Waals surface area contributed by atoms with E-state index in [9.17, 15) is 19.2 Å². The molecule has 56 heavy (non-hydrogen) atoms. The summed E-state index contributed by atoms with van der Waals surface area (Å²) in [5.41, 5.74) is 3.42. The van der Waals surface area contributed by atoms with E-state index in [0.717, 1.165) is 86.5 Å². The van der Waals surface area contributed by atoms with Crippen LogP contribution in [0.4, 0.5) is 0 Å². The summed E-state index contributed by atoms with van der Waals surface area (Å²) >= 11 is 0. The third-order valence-corrected chi connectivity index (χ3v) is 12.4. The maximum absolute atomic E-state index is 12.8. The van der Waals surface area contributed by atoms with Gasteiger partial charge in [0.25, 0.3) is 0 Å². The van der Waals surface area contributed by atoms with Crippen LogP contribution in [0.2, 0.25) is 0 Å². The zero-order chi connectivity index (χ0) is 39.7. The molecular formula is C48H54N2O6. The number of nitrogens with zero attached hydrogens (tertiary/aromatic N) is 2. The van der Waals surface area contributed by atoms with Crippen LogP contribution in [0.25, 0.3) is 0 Å². The fraction of sp³-hybridized carbons (Fsp3) is 0.375. The maximum Gasteiger partial charge on any atom is 0.336 e. The summed E-state index contributed by atoms with van der Waals surface area (Å²) in [6, 6.07) is 34.1. The Kier molecular flexibility index (Phi) is 13.1. The van der Waals surface area contributed by atoms with Crippen LogP contribution in [0.15, 0.2) is 121 Å². The highest BCUT2D eigenvalue weighted by atomic mass is 16.5. The first-order valence-corrected chi connectivity index (χ1v) is 19.9. The van der Waals surface area contributed by atoms with Crippen LogP contribution in [-0.4, -0.2) is 72.6 Å². The first-order chi connectivity index (χ1) is 26.9. The zero-order valence-corrected chi connectivity index (χ0v) is 33.1. The molecule has 0 aliphatic carbocycles. The van der Waals surface area contributed by atoms with E-state index in [1.54, 1.807) is 12.1 Å². The largest absolute Gasteiger partial charge is 0.423 e. The van der Waals surface area contributed by atoms with Gasteiger partial charge >= 0.3 is 11.9 Å². The molecule has 4 unspecified atom stereocenters. The lowest BCUT2D eigenvalue weighted by atomic mass is 9.68. The smallest absolute Gasteiger partial charge is 0.336 e. The minimum Gasteiger partial charge on any atom is -0.423 e. The summed E-state index contributed by atoms with van der Waals surface area (Å²) < 4.78 is 11.3. The lowest BCUT2D eigenvalue weighted by Crippen LogP contribution is -2.47. The second kappa shape index (κ2) is 18.2. The molecule has 2 fully saturated rings. The maximum atomic E-state index is 12.8. The van der Waals surface area contributed by atoms with Gasteiger partial charge in [0.05, 0.1) is 0 Å². The zero-order valence-electron chi connectivity index (χ0n) is 33.1. The van der Waals surface area contributed by atoms with Crippen LogP contribution in [0, 0.1) is 11.8 Å². The fourth-order valence-electron chi connectivity index (χ4n) is 8.22. The normalized spacial score (nSPS) is 23.1. The molecule has 2 aliphatic heterocycles. The Morgan fingerprint density at radius 3 is 1.36 bits per heavy atom. The molecule has 4 aromatic carbocycles. The number of carbonyl (C=O) groups excluding carboxylic acids is 4. The van der Waals surface area contributed by atoms with E-state index in [0.29, 0.717) is 36.2 Å². The van der Waals surface area contributed by atoms with Crippen molar-refractivity contribution in [2.75, 3.05) is 39.3 Å². The van der Waals surface area contributed by atoms with Crippen molar-refractivity contribution in [3.63, 3.8) is 0 Å². The molecule has 2 saturated heterocycles. The van der Waals surface area contributed by atoms with Crippen LogP contribution in [0.3, 0.4) is 0 Å². The number of hydrogen-bond donors (Lipinski definition) is 0. The molecule has 0 radical (unpaired) electrons. The van der Waals surface area contributed by atoms with Gasteiger partial charge < -0.3 is 19.3 Å². The Morgan fingerprint density at radius 2 is 0.982 bits per heavy atom. The lowest BCUT2D eigenvalue weighted by Gasteiger charge is -2.45. The van der Waals surface area contributed by atoms with E-state index in [1.165, 1.54) is 0 Å². The van der Waals surface area contributed by atoms with Gasteiger partial charge in [-0.1, -0.05) is 113 Å². The summed E-state index contributed by atoms with van der Waals surface area (Å²) in [6.07, 6.45) is 5.00. The van der Waals surface area contributed by atoms with E-state index in [4.69, 9.17) is 9.47 Å². The predicted molar refractivity (Wildman–Crippen MR) is 219 cm³/mol. The molecule has 0 N–H and O–H groups in total. The third kappa shape index (κ3) is 9.97. The van der Waals surface area contributed by atoms with Gasteiger partial charge in [-0.3, -0.25) is 9.59 Å². The molecule has 0 amide bonds. The average molecular weight is 755 g/mol. The lowest BCUT2D eigenvalue weighted by molar-refractivity contribution is -0.131. The molecule has 292 valence electrons. The van der Waals surface area contributed by atoms with Crippen molar-refractivity contribution >= 4 is 23.5 Å². The highest BCUT2D eigenvalue weighted by molar-refractivity contribution is 5.96. The number of benzene rings is 4. The van der Waals surface area contributed by atoms with E-state index in [-0.39, 0.29) is 22.4 Å². The minimum absolute atomic E-state index is 0.134. The molecule has 0 aromatic heterocycles. The number of carbonyl (C=O) groups is 4. The molecule has 0 spiro atoms. The third-order valence-electron chi connectivity index (χ3n) is 12.4. The summed E-state index contributed by atoms with van der Waals surface area (Å²) in [5, 5.41) is 0. The molecule has 0 bridgehead atoms. The van der Waals surface area contributed by atoms with Crippen LogP contribution in [0.5, 0.6) is 11.5 Å². The van der Waals surface area contributed by atoms with E-state index in [2.05, 4.69) is 49.6 Å². The monoisotopic (exact) mass is 754 g/mol. The quantitative estimate of drug-likeness (QED) is 0.0548. The first kappa shape index (κ1) is 40.5. The van der Waals surface area contributed by atoms with Gasteiger partial charge in [0.15, 0.2) is 11.6 Å². The van der Waals surface area contributed by atoms with Crippen molar-refractivity contribution in [3.05, 3.63) is 144 Å². The van der Waals surface area contributed by atoms with Gasteiger partial charge in [0.1, 0.15) is 11.5 Å². The Bertz CT molecular complexity index is 1880. The van der Waals surface area contributed by atoms with E-state index >= 15 is 0 Å². The van der Waals surface area contributed by atoms with E-state index < -0.39 is 11.9 Å². The Balaban J connectivity index is 0.977. The van der Waals surface area contributed by atoms with Crippen molar-refractivity contribution in [3.8, 4) is 11.5 Å². The molecule has 4 aromatic rings. The molecule has 6 rings (SSSR count). The van der Waals surface area contributed by atoms with Gasteiger partial charge in [-0.05, 0) is 84.0 Å². The standard InChI is InChI=1S/C48H54N2O6/c1-35-33-49(27-23-43(51)37-13-7-5-8-14-37)29-25-47(35,3)39-17-11-19-41(31-39)55-45(53)21-22-46(54)56-42-20-12-18-40(32-42)48(4)26-30-50(34-36(48)2)28-24-44(52)38-15-9-6-10-16-38/h5-22,31-32,35-36H,23-30,33-34H2,1-4H3/b22-21-. The van der Waals surface area contributed by atoms with Crippen molar-refractivity contribution in [1.82, 2.24) is 9.80 Å². The number of hydrogen-bond acceptors (Lipinski definition) is 8. The molecule has 0 saturated carbocycles. The Labute approximate surface area is 331 Å². The van der Waals surface area contributed by atoms with Crippen LogP contribution >= 0.6 is 0 Å². The van der Waals surface area contributed by atoms with Gasteiger partial charge in [0, 0.05) is 62.3 Å². The number of likely N-dealkylation sites (tertiary alicyclic amines) is 2. The van der Waals surface area contributed by atoms with E-state index in [1.807, 2.05) is 84.9 Å². The van der Waals surface area contributed by atoms with Gasteiger partial charge in [0.2, 0.25) is 0 Å². The number of Topliss-reactive ketones (excluding diaryl/α,β-unsaturated/α-hetero) is 2. The van der Waals surface area contributed by atoms with Crippen molar-refractivity contribution < 1.29 is 28.7 Å². The molecule has 8 nitrogen and oxygen atoms in total. The number of piperidine rings is 2. The van der Waals surface area contributed by atoms with Crippen LogP contribution in [0.1, 0.15) is 85.2 Å². The summed E-state index contributed by atoms with van der Waals surface area (Å²) in [7, 11) is 0. The summed E-state index contributed by atoms with van der Waals surface area (Å²) in [4.78, 5) is 55.7. The van der Waals surface area contributed by atoms with Gasteiger partial charge in [-0.25, -0.2) is 9.59 Å². The number of esters is 2. The van der Waals surface area contributed by atoms with Crippen LogP contribution < -0.4 is 9.47 Å². The fourth-order valence-corrected chi connectivity index (χ4v) is 8.22. The number of ketones is 2. The van der Waals surface area contributed by atoms with Crippen molar-refractivity contribution in [2.24, 2.45) is 11.8 Å². The molecule has 4 atom stereocenters. The highest BCUT2D eigenvalue weighted by Crippen LogP contribution is 2.42.